The summed E-state index contributed by atoms with van der Waals surface area (Å²) in [6.45, 7) is -0.112. The number of fused-ring (bicyclic) bond motifs is 1. The molecule has 43 heavy (non-hydrogen) atoms. The Hall–Kier alpha value is -5.25. The molecular weight excluding hydrogens is 555 g/mol. The third kappa shape index (κ3) is 6.48. The molecule has 1 unspecified atom stereocenters. The van der Waals surface area contributed by atoms with Gasteiger partial charge in [-0.15, -0.1) is 0 Å². The number of benzene rings is 4. The van der Waals surface area contributed by atoms with Gasteiger partial charge >= 0.3 is 0 Å². The number of methoxy groups -OCH3 is 3. The molecule has 0 saturated carbocycles. The molecule has 0 spiro atoms. The Morgan fingerprint density at radius 3 is 2.21 bits per heavy atom. The highest BCUT2D eigenvalue weighted by Gasteiger charge is 2.34. The summed E-state index contributed by atoms with van der Waals surface area (Å²) in [4.78, 5) is 29.7. The number of anilines is 1. The van der Waals surface area contributed by atoms with Crippen LogP contribution >= 0.6 is 0 Å². The van der Waals surface area contributed by atoms with Crippen molar-refractivity contribution in [2.24, 2.45) is 0 Å². The van der Waals surface area contributed by atoms with Crippen molar-refractivity contribution >= 4 is 17.5 Å². The minimum atomic E-state index is -1.24. The second-order valence-corrected chi connectivity index (χ2v) is 9.69. The molecule has 4 aromatic rings. The van der Waals surface area contributed by atoms with Crippen molar-refractivity contribution in [1.29, 1.82) is 0 Å². The Bertz CT molecular complexity index is 1590. The summed E-state index contributed by atoms with van der Waals surface area (Å²) in [5, 5.41) is 2.90. The van der Waals surface area contributed by atoms with Gasteiger partial charge in [0.05, 0.1) is 27.8 Å². The van der Waals surface area contributed by atoms with Crippen molar-refractivity contribution in [3.05, 3.63) is 107 Å². The summed E-state index contributed by atoms with van der Waals surface area (Å²) in [5.41, 5.74) is 1.78. The molecule has 0 bridgehead atoms. The molecule has 10 heteroatoms. The molecule has 0 aromatic heterocycles. The van der Waals surface area contributed by atoms with Crippen LogP contribution in [0.4, 0.5) is 10.1 Å². The van der Waals surface area contributed by atoms with Gasteiger partial charge in [0.25, 0.3) is 5.91 Å². The number of halogens is 1. The molecule has 1 heterocycles. The van der Waals surface area contributed by atoms with Crippen LogP contribution in [-0.4, -0.2) is 44.8 Å². The zero-order valence-electron chi connectivity index (χ0n) is 24.0. The number of carbonyl (C=O) groups excluding carboxylic acids is 2. The zero-order chi connectivity index (χ0) is 30.3. The highest BCUT2D eigenvalue weighted by molar-refractivity contribution is 5.98. The molecule has 0 saturated heterocycles. The van der Waals surface area contributed by atoms with Crippen LogP contribution < -0.4 is 29.0 Å². The van der Waals surface area contributed by atoms with Crippen LogP contribution in [0.2, 0.25) is 0 Å². The number of hydrogen-bond donors (Lipinski definition) is 1. The van der Waals surface area contributed by atoms with Gasteiger partial charge < -0.3 is 33.9 Å². The van der Waals surface area contributed by atoms with Gasteiger partial charge in [0.2, 0.25) is 18.4 Å². The standard InChI is InChI=1S/C33H31FN2O7/c1-39-28-16-23(17-29(40-2)32(28)41-3)31(33(38)35-24-13-14-26-27(18-24)43-20-42-26)36(19-22-11-7-8-12-25(22)34)30(37)15-21-9-5-4-6-10-21/h4-14,16-18,31H,15,19-20H2,1-3H3,(H,35,38). The molecule has 1 N–H and O–H groups in total. The number of amides is 2. The molecule has 9 nitrogen and oxygen atoms in total. The van der Waals surface area contributed by atoms with E-state index in [-0.39, 0.29) is 25.3 Å². The van der Waals surface area contributed by atoms with Crippen LogP contribution in [0.15, 0.2) is 84.9 Å². The molecular formula is C33H31FN2O7. The molecule has 222 valence electrons. The van der Waals surface area contributed by atoms with Crippen molar-refractivity contribution < 1.29 is 37.7 Å². The molecule has 0 radical (unpaired) electrons. The van der Waals surface area contributed by atoms with Crippen LogP contribution in [0.5, 0.6) is 28.7 Å². The summed E-state index contributed by atoms with van der Waals surface area (Å²) in [5.74, 6) is 0.488. The maximum Gasteiger partial charge on any atom is 0.251 e. The lowest BCUT2D eigenvalue weighted by molar-refractivity contribution is -0.139. The first-order valence-electron chi connectivity index (χ1n) is 13.5. The number of ether oxygens (including phenoxy) is 5. The van der Waals surface area contributed by atoms with E-state index in [1.165, 1.54) is 32.3 Å². The predicted octanol–water partition coefficient (Wildman–Crippen LogP) is 5.53. The van der Waals surface area contributed by atoms with Crippen LogP contribution in [0.3, 0.4) is 0 Å². The van der Waals surface area contributed by atoms with E-state index < -0.39 is 23.7 Å². The third-order valence-corrected chi connectivity index (χ3v) is 7.02. The molecule has 2 amide bonds. The van der Waals surface area contributed by atoms with E-state index in [9.17, 15) is 14.0 Å². The number of hydrogen-bond acceptors (Lipinski definition) is 7. The van der Waals surface area contributed by atoms with E-state index in [4.69, 9.17) is 23.7 Å². The third-order valence-electron chi connectivity index (χ3n) is 7.02. The maximum absolute atomic E-state index is 15.0. The lowest BCUT2D eigenvalue weighted by atomic mass is 10.00. The van der Waals surface area contributed by atoms with Crippen molar-refractivity contribution in [1.82, 2.24) is 4.90 Å². The second kappa shape index (κ2) is 13.2. The average Bonchev–Trinajstić information content (AvgIpc) is 3.49. The smallest absolute Gasteiger partial charge is 0.251 e. The van der Waals surface area contributed by atoms with E-state index >= 15 is 0 Å². The van der Waals surface area contributed by atoms with Gasteiger partial charge in [-0.2, -0.15) is 0 Å². The average molecular weight is 587 g/mol. The largest absolute Gasteiger partial charge is 0.493 e. The monoisotopic (exact) mass is 586 g/mol. The fourth-order valence-electron chi connectivity index (χ4n) is 4.92. The number of carbonyl (C=O) groups is 2. The number of nitrogens with zero attached hydrogens (tertiary/aromatic N) is 1. The maximum atomic E-state index is 15.0. The van der Waals surface area contributed by atoms with Gasteiger partial charge in [-0.05, 0) is 41.5 Å². The second-order valence-electron chi connectivity index (χ2n) is 9.69. The van der Waals surface area contributed by atoms with E-state index in [1.807, 2.05) is 30.3 Å². The van der Waals surface area contributed by atoms with Crippen molar-refractivity contribution in [3.63, 3.8) is 0 Å². The van der Waals surface area contributed by atoms with Gasteiger partial charge in [0.15, 0.2) is 23.0 Å². The lowest BCUT2D eigenvalue weighted by Gasteiger charge is -2.32. The quantitative estimate of drug-likeness (QED) is 0.247. The first-order valence-corrected chi connectivity index (χ1v) is 13.5. The Kier molecular flexibility index (Phi) is 8.95. The Morgan fingerprint density at radius 1 is 0.860 bits per heavy atom. The minimum absolute atomic E-state index is 0.0203. The molecule has 0 aliphatic carbocycles. The Balaban J connectivity index is 1.62. The normalized spacial score (nSPS) is 12.3. The SMILES string of the molecule is COc1cc(C(C(=O)Nc2ccc3c(c2)OCO3)N(Cc2ccccc2F)C(=O)Cc2ccccc2)cc(OC)c1OC. The van der Waals surface area contributed by atoms with Crippen LogP contribution in [0.25, 0.3) is 0 Å². The Labute approximate surface area is 248 Å². The number of nitrogens with one attached hydrogen (secondary N) is 1. The van der Waals surface area contributed by atoms with Gasteiger partial charge in [0.1, 0.15) is 11.9 Å². The first kappa shape index (κ1) is 29.2. The fraction of sp³-hybridized carbons (Fsp3) is 0.212. The topological polar surface area (TPSA) is 95.6 Å². The molecule has 5 rings (SSSR count). The molecule has 1 aliphatic heterocycles. The molecule has 4 aromatic carbocycles. The van der Waals surface area contributed by atoms with E-state index in [0.29, 0.717) is 40.0 Å². The molecule has 1 atom stereocenters. The first-order chi connectivity index (χ1) is 20.9. The van der Waals surface area contributed by atoms with Gasteiger partial charge in [0, 0.05) is 23.9 Å². The van der Waals surface area contributed by atoms with Crippen molar-refractivity contribution in [3.8, 4) is 28.7 Å². The summed E-state index contributed by atoms with van der Waals surface area (Å²) >= 11 is 0. The lowest BCUT2D eigenvalue weighted by Crippen LogP contribution is -2.42. The van der Waals surface area contributed by atoms with Crippen LogP contribution in [0.1, 0.15) is 22.7 Å². The highest BCUT2D eigenvalue weighted by Crippen LogP contribution is 2.42. The Morgan fingerprint density at radius 2 is 1.53 bits per heavy atom. The van der Waals surface area contributed by atoms with E-state index in [0.717, 1.165) is 5.56 Å². The summed E-state index contributed by atoms with van der Waals surface area (Å²) < 4.78 is 42.5. The summed E-state index contributed by atoms with van der Waals surface area (Å²) in [7, 11) is 4.39. The molecule has 1 aliphatic rings. The van der Waals surface area contributed by atoms with Gasteiger partial charge in [-0.1, -0.05) is 48.5 Å². The van der Waals surface area contributed by atoms with Gasteiger partial charge in [-0.3, -0.25) is 9.59 Å². The van der Waals surface area contributed by atoms with Gasteiger partial charge in [-0.25, -0.2) is 4.39 Å². The summed E-state index contributed by atoms with van der Waals surface area (Å²) in [6.07, 6.45) is -0.0203. The van der Waals surface area contributed by atoms with Crippen LogP contribution in [-0.2, 0) is 22.6 Å². The predicted molar refractivity (Wildman–Crippen MR) is 157 cm³/mol. The van der Waals surface area contributed by atoms with Crippen molar-refractivity contribution in [2.75, 3.05) is 33.4 Å². The highest BCUT2D eigenvalue weighted by atomic mass is 19.1. The van der Waals surface area contributed by atoms with E-state index in [2.05, 4.69) is 5.32 Å². The van der Waals surface area contributed by atoms with E-state index in [1.54, 1.807) is 48.5 Å². The molecule has 0 fully saturated rings. The van der Waals surface area contributed by atoms with Crippen LogP contribution in [0, 0.1) is 5.82 Å². The minimum Gasteiger partial charge on any atom is -0.493 e. The number of rotatable bonds is 11. The summed E-state index contributed by atoms with van der Waals surface area (Å²) in [6, 6.07) is 22.3. The zero-order valence-corrected chi connectivity index (χ0v) is 24.0. The van der Waals surface area contributed by atoms with Crippen molar-refractivity contribution in [2.45, 2.75) is 19.0 Å². The fourth-order valence-corrected chi connectivity index (χ4v) is 4.92.